The third-order valence-corrected chi connectivity index (χ3v) is 3.86. The molecule has 0 bridgehead atoms. The molecular weight excluding hydrogens is 212 g/mol. The van der Waals surface area contributed by atoms with Crippen molar-refractivity contribution in [3.05, 3.63) is 29.8 Å². The molecule has 2 aliphatic rings. The van der Waals surface area contributed by atoms with Gasteiger partial charge in [-0.1, -0.05) is 18.2 Å². The molecule has 3 heteroatoms. The van der Waals surface area contributed by atoms with E-state index in [9.17, 15) is 0 Å². The zero-order chi connectivity index (χ0) is 11.7. The number of rotatable bonds is 1. The zero-order valence-corrected chi connectivity index (χ0v) is 10.4. The highest BCUT2D eigenvalue weighted by atomic mass is 16.5. The molecule has 0 radical (unpaired) electrons. The molecule has 1 aromatic rings. The number of ether oxygens (including phenoxy) is 1. The Morgan fingerprint density at radius 2 is 2.18 bits per heavy atom. The van der Waals surface area contributed by atoms with E-state index in [2.05, 4.69) is 35.3 Å². The first kappa shape index (κ1) is 11.1. The van der Waals surface area contributed by atoms with Crippen molar-refractivity contribution in [3.8, 4) is 5.75 Å². The van der Waals surface area contributed by atoms with Crippen LogP contribution in [0.2, 0.25) is 0 Å². The van der Waals surface area contributed by atoms with Gasteiger partial charge >= 0.3 is 0 Å². The van der Waals surface area contributed by atoms with Crippen LogP contribution < -0.4 is 10.1 Å². The summed E-state index contributed by atoms with van der Waals surface area (Å²) in [7, 11) is 0. The van der Waals surface area contributed by atoms with Crippen molar-refractivity contribution in [2.45, 2.75) is 25.4 Å². The van der Waals surface area contributed by atoms with E-state index < -0.39 is 0 Å². The summed E-state index contributed by atoms with van der Waals surface area (Å²) in [5.41, 5.74) is 1.36. The fourth-order valence-electron chi connectivity index (χ4n) is 2.79. The number of nitrogens with zero attached hydrogens (tertiary/aromatic N) is 1. The maximum absolute atomic E-state index is 5.77. The van der Waals surface area contributed by atoms with Gasteiger partial charge in [0.05, 0.1) is 6.04 Å². The highest BCUT2D eigenvalue weighted by molar-refractivity contribution is 5.39. The van der Waals surface area contributed by atoms with Gasteiger partial charge in [0.1, 0.15) is 12.4 Å². The number of fused-ring (bicyclic) bond motifs is 1. The largest absolute Gasteiger partial charge is 0.491 e. The van der Waals surface area contributed by atoms with E-state index in [1.54, 1.807) is 0 Å². The van der Waals surface area contributed by atoms with E-state index in [1.165, 1.54) is 12.0 Å². The molecule has 0 amide bonds. The zero-order valence-electron chi connectivity index (χ0n) is 10.4. The minimum Gasteiger partial charge on any atom is -0.491 e. The van der Waals surface area contributed by atoms with Crippen LogP contribution in [-0.2, 0) is 0 Å². The second-order valence-corrected chi connectivity index (χ2v) is 5.04. The second-order valence-electron chi connectivity index (χ2n) is 5.04. The van der Waals surface area contributed by atoms with Crippen LogP contribution in [0.3, 0.4) is 0 Å². The summed E-state index contributed by atoms with van der Waals surface area (Å²) >= 11 is 0. The summed E-state index contributed by atoms with van der Waals surface area (Å²) in [6, 6.07) is 9.53. The Labute approximate surface area is 103 Å². The first-order valence-electron chi connectivity index (χ1n) is 6.54. The third-order valence-electron chi connectivity index (χ3n) is 3.86. The van der Waals surface area contributed by atoms with Crippen molar-refractivity contribution >= 4 is 0 Å². The SMILES string of the molecule is CC1CCN(C2COc3ccccc32)CCN1. The Balaban J connectivity index is 1.77. The molecular formula is C14H20N2O. The molecule has 2 heterocycles. The first-order valence-corrected chi connectivity index (χ1v) is 6.54. The third kappa shape index (κ3) is 2.17. The number of para-hydroxylation sites is 1. The lowest BCUT2D eigenvalue weighted by Gasteiger charge is -2.26. The van der Waals surface area contributed by atoms with Gasteiger partial charge in [-0.05, 0) is 19.4 Å². The van der Waals surface area contributed by atoms with Crippen molar-refractivity contribution in [2.75, 3.05) is 26.2 Å². The van der Waals surface area contributed by atoms with Crippen molar-refractivity contribution in [1.82, 2.24) is 10.2 Å². The molecule has 17 heavy (non-hydrogen) atoms. The van der Waals surface area contributed by atoms with Crippen LogP contribution >= 0.6 is 0 Å². The van der Waals surface area contributed by atoms with Crippen molar-refractivity contribution in [3.63, 3.8) is 0 Å². The molecule has 2 atom stereocenters. The molecule has 3 rings (SSSR count). The second kappa shape index (κ2) is 4.67. The highest BCUT2D eigenvalue weighted by Gasteiger charge is 2.29. The topological polar surface area (TPSA) is 24.5 Å². The molecule has 0 spiro atoms. The van der Waals surface area contributed by atoms with Gasteiger partial charge in [-0.3, -0.25) is 4.90 Å². The maximum atomic E-state index is 5.77. The maximum Gasteiger partial charge on any atom is 0.124 e. The van der Waals surface area contributed by atoms with Crippen LogP contribution in [0, 0.1) is 0 Å². The predicted molar refractivity (Wildman–Crippen MR) is 68.3 cm³/mol. The van der Waals surface area contributed by atoms with E-state index >= 15 is 0 Å². The van der Waals surface area contributed by atoms with Gasteiger partial charge in [0.15, 0.2) is 0 Å². The number of hydrogen-bond donors (Lipinski definition) is 1. The van der Waals surface area contributed by atoms with Gasteiger partial charge in [-0.25, -0.2) is 0 Å². The summed E-state index contributed by atoms with van der Waals surface area (Å²) in [6.07, 6.45) is 1.22. The van der Waals surface area contributed by atoms with Crippen LogP contribution in [0.4, 0.5) is 0 Å². The van der Waals surface area contributed by atoms with Gasteiger partial charge < -0.3 is 10.1 Å². The Kier molecular flexibility index (Phi) is 3.04. The number of benzene rings is 1. The Bertz CT molecular complexity index is 394. The van der Waals surface area contributed by atoms with Crippen molar-refractivity contribution < 1.29 is 4.74 Å². The van der Waals surface area contributed by atoms with Gasteiger partial charge in [-0.2, -0.15) is 0 Å². The summed E-state index contributed by atoms with van der Waals surface area (Å²) < 4.78 is 5.77. The average molecular weight is 232 g/mol. The lowest BCUT2D eigenvalue weighted by molar-refractivity contribution is 0.171. The van der Waals surface area contributed by atoms with E-state index in [1.807, 2.05) is 6.07 Å². The quantitative estimate of drug-likeness (QED) is 0.799. The molecule has 1 N–H and O–H groups in total. The lowest BCUT2D eigenvalue weighted by atomic mass is 10.1. The highest BCUT2D eigenvalue weighted by Crippen LogP contribution is 2.35. The lowest BCUT2D eigenvalue weighted by Crippen LogP contribution is -2.33. The number of nitrogens with one attached hydrogen (secondary N) is 1. The van der Waals surface area contributed by atoms with Crippen LogP contribution in [0.25, 0.3) is 0 Å². The van der Waals surface area contributed by atoms with Gasteiger partial charge in [0.25, 0.3) is 0 Å². The minimum absolute atomic E-state index is 0.457. The molecule has 92 valence electrons. The summed E-state index contributed by atoms with van der Waals surface area (Å²) in [5, 5.41) is 3.54. The molecule has 2 unspecified atom stereocenters. The average Bonchev–Trinajstić information content (AvgIpc) is 2.66. The van der Waals surface area contributed by atoms with Crippen molar-refractivity contribution in [2.24, 2.45) is 0 Å². The van der Waals surface area contributed by atoms with Gasteiger partial charge in [0, 0.05) is 31.2 Å². The molecule has 3 nitrogen and oxygen atoms in total. The molecule has 0 aliphatic carbocycles. The monoisotopic (exact) mass is 232 g/mol. The van der Waals surface area contributed by atoms with Gasteiger partial charge in [-0.15, -0.1) is 0 Å². The van der Waals surface area contributed by atoms with E-state index in [-0.39, 0.29) is 0 Å². The van der Waals surface area contributed by atoms with Crippen molar-refractivity contribution in [1.29, 1.82) is 0 Å². The van der Waals surface area contributed by atoms with Gasteiger partial charge in [0.2, 0.25) is 0 Å². The minimum atomic E-state index is 0.457. The fraction of sp³-hybridized carbons (Fsp3) is 0.571. The fourth-order valence-corrected chi connectivity index (χ4v) is 2.79. The predicted octanol–water partition coefficient (Wildman–Crippen LogP) is 1.80. The van der Waals surface area contributed by atoms with E-state index in [4.69, 9.17) is 4.74 Å². The molecule has 1 aromatic carbocycles. The van der Waals surface area contributed by atoms with Crippen LogP contribution in [-0.4, -0.2) is 37.2 Å². The molecule has 2 aliphatic heterocycles. The molecule has 0 saturated carbocycles. The molecule has 1 fully saturated rings. The summed E-state index contributed by atoms with van der Waals surface area (Å²) in [4.78, 5) is 2.56. The van der Waals surface area contributed by atoms with E-state index in [0.29, 0.717) is 12.1 Å². The van der Waals surface area contributed by atoms with Crippen LogP contribution in [0.1, 0.15) is 24.9 Å². The summed E-state index contributed by atoms with van der Waals surface area (Å²) in [5.74, 6) is 1.07. The molecule has 0 aromatic heterocycles. The molecule has 1 saturated heterocycles. The Morgan fingerprint density at radius 3 is 3.12 bits per heavy atom. The summed E-state index contributed by atoms with van der Waals surface area (Å²) in [6.45, 7) is 6.44. The Morgan fingerprint density at radius 1 is 1.29 bits per heavy atom. The Hall–Kier alpha value is -1.06. The van der Waals surface area contributed by atoms with Crippen LogP contribution in [0.5, 0.6) is 5.75 Å². The standard InChI is InChI=1S/C14H20N2O/c1-11-6-8-16(9-7-15-11)13-10-17-14-5-3-2-4-12(13)14/h2-5,11,13,15H,6-10H2,1H3. The first-order chi connectivity index (χ1) is 8.34. The van der Waals surface area contributed by atoms with E-state index in [0.717, 1.165) is 32.0 Å². The smallest absolute Gasteiger partial charge is 0.124 e. The number of hydrogen-bond acceptors (Lipinski definition) is 3. The van der Waals surface area contributed by atoms with Crippen LogP contribution in [0.15, 0.2) is 24.3 Å². The normalized spacial score (nSPS) is 29.5.